The van der Waals surface area contributed by atoms with Gasteiger partial charge in [-0.2, -0.15) is 0 Å². The van der Waals surface area contributed by atoms with Crippen LogP contribution in [-0.2, 0) is 4.79 Å². The molecule has 1 aromatic rings. The molecule has 0 aliphatic heterocycles. The molecule has 0 saturated carbocycles. The van der Waals surface area contributed by atoms with Crippen molar-refractivity contribution in [1.82, 2.24) is 10.3 Å². The van der Waals surface area contributed by atoms with Gasteiger partial charge in [0.15, 0.2) is 5.43 Å². The second-order valence-electron chi connectivity index (χ2n) is 4.10. The first-order valence-corrected chi connectivity index (χ1v) is 5.68. The molecule has 0 radical (unpaired) electrons. The molecule has 1 heterocycles. The Hall–Kier alpha value is -2.11. The van der Waals surface area contributed by atoms with Crippen molar-refractivity contribution in [1.29, 1.82) is 0 Å². The number of aliphatic carboxylic acids is 1. The standard InChI is InChI=1S/C12H16N2O4/c1-3-7(2)10(12(17)18)14-11(16)8-6-13-5-4-9(8)15/h4-7,10H,3H2,1-2H3,(H,13,15)(H,14,16)(H,17,18)/t7-,10-/m0/s1. The zero-order valence-corrected chi connectivity index (χ0v) is 10.3. The van der Waals surface area contributed by atoms with Gasteiger partial charge in [0.05, 0.1) is 0 Å². The van der Waals surface area contributed by atoms with Gasteiger partial charge >= 0.3 is 5.97 Å². The minimum Gasteiger partial charge on any atom is -0.480 e. The fraction of sp³-hybridized carbons (Fsp3) is 0.417. The Morgan fingerprint density at radius 1 is 1.50 bits per heavy atom. The van der Waals surface area contributed by atoms with Crippen LogP contribution in [0.1, 0.15) is 30.6 Å². The highest BCUT2D eigenvalue weighted by molar-refractivity contribution is 5.96. The number of carbonyl (C=O) groups is 2. The van der Waals surface area contributed by atoms with Crippen LogP contribution in [0.2, 0.25) is 0 Å². The van der Waals surface area contributed by atoms with Crippen LogP contribution < -0.4 is 10.7 Å². The SMILES string of the molecule is CC[C@H](C)[C@H](NC(=O)c1c[nH]ccc1=O)C(=O)O. The molecular weight excluding hydrogens is 236 g/mol. The van der Waals surface area contributed by atoms with E-state index in [1.807, 2.05) is 6.92 Å². The van der Waals surface area contributed by atoms with Crippen molar-refractivity contribution in [2.75, 3.05) is 0 Å². The molecule has 18 heavy (non-hydrogen) atoms. The Balaban J connectivity index is 2.89. The highest BCUT2D eigenvalue weighted by Crippen LogP contribution is 2.08. The summed E-state index contributed by atoms with van der Waals surface area (Å²) in [6.45, 7) is 3.57. The van der Waals surface area contributed by atoms with Crippen LogP contribution >= 0.6 is 0 Å². The van der Waals surface area contributed by atoms with Crippen molar-refractivity contribution in [3.63, 3.8) is 0 Å². The zero-order valence-electron chi connectivity index (χ0n) is 10.3. The summed E-state index contributed by atoms with van der Waals surface area (Å²) in [7, 11) is 0. The molecule has 2 atom stereocenters. The van der Waals surface area contributed by atoms with Crippen LogP contribution in [-0.4, -0.2) is 28.0 Å². The fourth-order valence-corrected chi connectivity index (χ4v) is 1.50. The predicted octanol–water partition coefficient (Wildman–Crippen LogP) is 0.604. The summed E-state index contributed by atoms with van der Waals surface area (Å²) in [6.07, 6.45) is 3.28. The van der Waals surface area contributed by atoms with Gasteiger partial charge in [0.25, 0.3) is 5.91 Å². The molecule has 0 aromatic carbocycles. The van der Waals surface area contributed by atoms with Gasteiger partial charge in [-0.15, -0.1) is 0 Å². The number of H-pyrrole nitrogens is 1. The lowest BCUT2D eigenvalue weighted by Crippen LogP contribution is -2.46. The number of aromatic nitrogens is 1. The summed E-state index contributed by atoms with van der Waals surface area (Å²) < 4.78 is 0. The minimum absolute atomic E-state index is 0.0907. The quantitative estimate of drug-likeness (QED) is 0.714. The first-order valence-electron chi connectivity index (χ1n) is 5.68. The van der Waals surface area contributed by atoms with Gasteiger partial charge in [-0.3, -0.25) is 9.59 Å². The van der Waals surface area contributed by atoms with Crippen molar-refractivity contribution in [2.45, 2.75) is 26.3 Å². The first kappa shape index (κ1) is 14.0. The molecule has 3 N–H and O–H groups in total. The maximum absolute atomic E-state index is 11.8. The van der Waals surface area contributed by atoms with Crippen LogP contribution in [0.25, 0.3) is 0 Å². The molecule has 0 saturated heterocycles. The highest BCUT2D eigenvalue weighted by Gasteiger charge is 2.26. The average molecular weight is 252 g/mol. The van der Waals surface area contributed by atoms with Crippen molar-refractivity contribution < 1.29 is 14.7 Å². The number of carboxylic acids is 1. The maximum Gasteiger partial charge on any atom is 0.326 e. The summed E-state index contributed by atoms with van der Waals surface area (Å²) in [5.41, 5.74) is -0.536. The maximum atomic E-state index is 11.8. The first-order chi connectivity index (χ1) is 8.47. The molecule has 0 bridgehead atoms. The molecule has 0 unspecified atom stereocenters. The van der Waals surface area contributed by atoms with E-state index >= 15 is 0 Å². The highest BCUT2D eigenvalue weighted by atomic mass is 16.4. The van der Waals surface area contributed by atoms with Gasteiger partial charge in [-0.25, -0.2) is 4.79 Å². The smallest absolute Gasteiger partial charge is 0.326 e. The summed E-state index contributed by atoms with van der Waals surface area (Å²) >= 11 is 0. The summed E-state index contributed by atoms with van der Waals surface area (Å²) in [4.78, 5) is 36.9. The van der Waals surface area contributed by atoms with E-state index < -0.39 is 23.3 Å². The molecular formula is C12H16N2O4. The molecule has 0 aliphatic carbocycles. The second-order valence-corrected chi connectivity index (χ2v) is 4.10. The lowest BCUT2D eigenvalue weighted by atomic mass is 9.99. The van der Waals surface area contributed by atoms with Crippen molar-refractivity contribution in [3.05, 3.63) is 34.2 Å². The van der Waals surface area contributed by atoms with Crippen LogP contribution in [0, 0.1) is 5.92 Å². The van der Waals surface area contributed by atoms with Gasteiger partial charge in [0.1, 0.15) is 11.6 Å². The number of pyridine rings is 1. The monoisotopic (exact) mass is 252 g/mol. The molecule has 0 spiro atoms. The van der Waals surface area contributed by atoms with E-state index in [0.29, 0.717) is 6.42 Å². The predicted molar refractivity (Wildman–Crippen MR) is 65.4 cm³/mol. The van der Waals surface area contributed by atoms with Gasteiger partial charge in [-0.1, -0.05) is 20.3 Å². The van der Waals surface area contributed by atoms with Crippen LogP contribution in [0.5, 0.6) is 0 Å². The van der Waals surface area contributed by atoms with Crippen molar-refractivity contribution in [2.24, 2.45) is 5.92 Å². The van der Waals surface area contributed by atoms with Crippen LogP contribution in [0.15, 0.2) is 23.3 Å². The lowest BCUT2D eigenvalue weighted by molar-refractivity contribution is -0.140. The topological polar surface area (TPSA) is 99.3 Å². The average Bonchev–Trinajstić information content (AvgIpc) is 2.35. The molecule has 6 nitrogen and oxygen atoms in total. The van der Waals surface area contributed by atoms with E-state index in [9.17, 15) is 14.4 Å². The molecule has 1 rings (SSSR count). The fourth-order valence-electron chi connectivity index (χ4n) is 1.50. The zero-order chi connectivity index (χ0) is 13.7. The van der Waals surface area contributed by atoms with E-state index in [2.05, 4.69) is 10.3 Å². The van der Waals surface area contributed by atoms with E-state index in [4.69, 9.17) is 5.11 Å². The van der Waals surface area contributed by atoms with Crippen LogP contribution in [0.4, 0.5) is 0 Å². The van der Waals surface area contributed by atoms with E-state index in [1.54, 1.807) is 6.92 Å². The number of carboxylic acid groups (broad SMARTS) is 1. The largest absolute Gasteiger partial charge is 0.480 e. The summed E-state index contributed by atoms with van der Waals surface area (Å²) in [5.74, 6) is -2.00. The lowest BCUT2D eigenvalue weighted by Gasteiger charge is -2.19. The van der Waals surface area contributed by atoms with Crippen molar-refractivity contribution in [3.8, 4) is 0 Å². The Morgan fingerprint density at radius 2 is 2.17 bits per heavy atom. The Bertz CT molecular complexity index is 495. The number of carbonyl (C=O) groups excluding carboxylic acids is 1. The molecule has 6 heteroatoms. The molecule has 0 aliphatic rings. The van der Waals surface area contributed by atoms with Crippen molar-refractivity contribution >= 4 is 11.9 Å². The number of rotatable bonds is 5. The second kappa shape index (κ2) is 6.00. The minimum atomic E-state index is -1.11. The Kier molecular flexibility index (Phi) is 4.65. The number of hydrogen-bond donors (Lipinski definition) is 3. The molecule has 0 fully saturated rings. The number of amides is 1. The third kappa shape index (κ3) is 3.19. The van der Waals surface area contributed by atoms with Gasteiger partial charge in [0, 0.05) is 18.5 Å². The number of aromatic amines is 1. The Morgan fingerprint density at radius 3 is 2.67 bits per heavy atom. The van der Waals surface area contributed by atoms with E-state index in [1.165, 1.54) is 18.5 Å². The molecule has 98 valence electrons. The van der Waals surface area contributed by atoms with E-state index in [-0.39, 0.29) is 11.5 Å². The third-order valence-corrected chi connectivity index (χ3v) is 2.83. The summed E-state index contributed by atoms with van der Waals surface area (Å²) in [5, 5.41) is 11.4. The Labute approximate surface area is 104 Å². The summed E-state index contributed by atoms with van der Waals surface area (Å²) in [6, 6.07) is 0.218. The molecule has 1 amide bonds. The van der Waals surface area contributed by atoms with Gasteiger partial charge < -0.3 is 15.4 Å². The van der Waals surface area contributed by atoms with Crippen LogP contribution in [0.3, 0.4) is 0 Å². The van der Waals surface area contributed by atoms with Gasteiger partial charge in [0.2, 0.25) is 0 Å². The van der Waals surface area contributed by atoms with E-state index in [0.717, 1.165) is 0 Å². The normalized spacial score (nSPS) is 13.7. The number of nitrogens with one attached hydrogen (secondary N) is 2. The third-order valence-electron chi connectivity index (χ3n) is 2.83. The van der Waals surface area contributed by atoms with Gasteiger partial charge in [-0.05, 0) is 5.92 Å². The number of hydrogen-bond acceptors (Lipinski definition) is 3. The molecule has 1 aromatic heterocycles.